The Morgan fingerprint density at radius 2 is 0.550 bits per heavy atom. The molecule has 0 aromatic carbocycles. The van der Waals surface area contributed by atoms with Crippen LogP contribution in [0.25, 0.3) is 0 Å². The molecule has 0 aliphatic carbocycles. The van der Waals surface area contributed by atoms with Gasteiger partial charge in [0.05, 0.1) is 6.61 Å². The second-order valence-electron chi connectivity index (χ2n) is 18.9. The van der Waals surface area contributed by atoms with E-state index in [1.165, 1.54) is 250 Å². The summed E-state index contributed by atoms with van der Waals surface area (Å²) < 4.78 is 17.4. The Morgan fingerprint density at radius 3 is 0.850 bits per heavy atom. The molecule has 0 aromatic rings. The van der Waals surface area contributed by atoms with Gasteiger partial charge in [0.25, 0.3) is 0 Å². The minimum absolute atomic E-state index is 0.0970. The van der Waals surface area contributed by atoms with Crippen LogP contribution in [0, 0.1) is 0 Å². The normalized spacial score (nSPS) is 12.0. The van der Waals surface area contributed by atoms with Crippen LogP contribution in [-0.2, 0) is 23.8 Å². The number of hydrogen-bond donors (Lipinski definition) is 0. The van der Waals surface area contributed by atoms with Crippen LogP contribution in [0.5, 0.6) is 0 Å². The Balaban J connectivity index is 3.99. The fraction of sp³-hybridized carbons (Fsp3) is 0.964. The molecule has 0 aliphatic heterocycles. The molecule has 0 saturated heterocycles. The summed E-state index contributed by atoms with van der Waals surface area (Å²) in [6.07, 6.45) is 58.5. The fourth-order valence-electron chi connectivity index (χ4n) is 8.51. The third-order valence-electron chi connectivity index (χ3n) is 12.6. The van der Waals surface area contributed by atoms with Gasteiger partial charge in [-0.05, 0) is 19.3 Å². The van der Waals surface area contributed by atoms with Crippen molar-refractivity contribution in [2.75, 3.05) is 19.8 Å². The number of esters is 2. The van der Waals surface area contributed by atoms with E-state index in [9.17, 15) is 9.59 Å². The zero-order valence-corrected chi connectivity index (χ0v) is 41.3. The molecule has 0 N–H and O–H groups in total. The first-order valence-corrected chi connectivity index (χ1v) is 27.6. The Hall–Kier alpha value is -1.10. The maximum Gasteiger partial charge on any atom is 0.306 e. The van der Waals surface area contributed by atoms with E-state index >= 15 is 0 Å². The van der Waals surface area contributed by atoms with Gasteiger partial charge in [-0.25, -0.2) is 0 Å². The van der Waals surface area contributed by atoms with E-state index in [1.807, 2.05) is 0 Å². The first-order valence-electron chi connectivity index (χ1n) is 27.6. The van der Waals surface area contributed by atoms with Crippen molar-refractivity contribution in [1.82, 2.24) is 0 Å². The first-order chi connectivity index (χ1) is 29.6. The van der Waals surface area contributed by atoms with E-state index in [0.717, 1.165) is 32.1 Å². The molecular formula is C55H108O5. The number of carbonyl (C=O) groups excluding carboxylic acids is 2. The largest absolute Gasteiger partial charge is 0.462 e. The number of carbonyl (C=O) groups is 2. The quantitative estimate of drug-likeness (QED) is 0.0451. The van der Waals surface area contributed by atoms with Crippen molar-refractivity contribution in [2.45, 2.75) is 322 Å². The number of ether oxygens (including phenoxy) is 3. The van der Waals surface area contributed by atoms with Gasteiger partial charge < -0.3 is 14.2 Å². The minimum atomic E-state index is -0.522. The standard InChI is InChI=1S/C55H108O5/c1-4-7-10-13-16-18-20-22-24-26-27-28-30-32-34-36-38-41-44-47-50-58-51-53(60-55(57)49-46-43-39-15-12-9-6-3)52-59-54(56)48-45-42-40-37-35-33-31-29-25-23-21-19-17-14-11-8-5-2/h53H,4-52H2,1-3H3. The molecule has 5 nitrogen and oxygen atoms in total. The topological polar surface area (TPSA) is 61.8 Å². The maximum atomic E-state index is 12.7. The molecule has 0 saturated carbocycles. The highest BCUT2D eigenvalue weighted by molar-refractivity contribution is 5.70. The lowest BCUT2D eigenvalue weighted by molar-refractivity contribution is -0.163. The summed E-state index contributed by atoms with van der Waals surface area (Å²) in [4.78, 5) is 25.3. The summed E-state index contributed by atoms with van der Waals surface area (Å²) in [6.45, 7) is 7.88. The lowest BCUT2D eigenvalue weighted by Gasteiger charge is -2.18. The highest BCUT2D eigenvalue weighted by Gasteiger charge is 2.17. The minimum Gasteiger partial charge on any atom is -0.462 e. The average molecular weight is 849 g/mol. The van der Waals surface area contributed by atoms with Crippen LogP contribution in [-0.4, -0.2) is 37.9 Å². The summed E-state index contributed by atoms with van der Waals surface area (Å²) in [5.41, 5.74) is 0. The molecule has 0 heterocycles. The molecule has 0 amide bonds. The predicted octanol–water partition coefficient (Wildman–Crippen LogP) is 18.5. The molecule has 60 heavy (non-hydrogen) atoms. The zero-order valence-electron chi connectivity index (χ0n) is 41.3. The molecule has 1 unspecified atom stereocenters. The first kappa shape index (κ1) is 58.9. The Kier molecular flexibility index (Phi) is 51.3. The zero-order chi connectivity index (χ0) is 43.5. The van der Waals surface area contributed by atoms with Crippen LogP contribution in [0.4, 0.5) is 0 Å². The Morgan fingerprint density at radius 1 is 0.300 bits per heavy atom. The van der Waals surface area contributed by atoms with E-state index in [1.54, 1.807) is 0 Å². The molecular weight excluding hydrogens is 741 g/mol. The van der Waals surface area contributed by atoms with Gasteiger partial charge in [0.15, 0.2) is 6.10 Å². The van der Waals surface area contributed by atoms with Gasteiger partial charge in [-0.3, -0.25) is 9.59 Å². The molecule has 358 valence electrons. The van der Waals surface area contributed by atoms with Gasteiger partial charge in [-0.15, -0.1) is 0 Å². The fourth-order valence-corrected chi connectivity index (χ4v) is 8.51. The molecule has 0 radical (unpaired) electrons. The molecule has 5 heteroatoms. The highest BCUT2D eigenvalue weighted by atomic mass is 16.6. The smallest absolute Gasteiger partial charge is 0.306 e. The van der Waals surface area contributed by atoms with Crippen LogP contribution in [0.1, 0.15) is 316 Å². The maximum absolute atomic E-state index is 12.7. The third-order valence-corrected chi connectivity index (χ3v) is 12.6. The molecule has 1 atom stereocenters. The second kappa shape index (κ2) is 52.2. The lowest BCUT2D eigenvalue weighted by Crippen LogP contribution is -2.30. The molecule has 0 spiro atoms. The summed E-state index contributed by atoms with van der Waals surface area (Å²) in [5, 5.41) is 0. The Bertz CT molecular complexity index is 830. The summed E-state index contributed by atoms with van der Waals surface area (Å²) in [6, 6.07) is 0. The monoisotopic (exact) mass is 849 g/mol. The van der Waals surface area contributed by atoms with Crippen molar-refractivity contribution < 1.29 is 23.8 Å². The van der Waals surface area contributed by atoms with Gasteiger partial charge >= 0.3 is 11.9 Å². The Labute approximate surface area is 376 Å². The van der Waals surface area contributed by atoms with Crippen molar-refractivity contribution >= 4 is 11.9 Å². The van der Waals surface area contributed by atoms with Crippen molar-refractivity contribution in [3.8, 4) is 0 Å². The second-order valence-corrected chi connectivity index (χ2v) is 18.9. The molecule has 0 aliphatic rings. The van der Waals surface area contributed by atoms with Crippen molar-refractivity contribution in [2.24, 2.45) is 0 Å². The molecule has 0 bridgehead atoms. The van der Waals surface area contributed by atoms with E-state index in [4.69, 9.17) is 14.2 Å². The van der Waals surface area contributed by atoms with Crippen LogP contribution < -0.4 is 0 Å². The third kappa shape index (κ3) is 49.6. The molecule has 0 fully saturated rings. The number of hydrogen-bond acceptors (Lipinski definition) is 5. The van der Waals surface area contributed by atoms with Gasteiger partial charge in [-0.2, -0.15) is 0 Å². The van der Waals surface area contributed by atoms with Crippen LogP contribution in [0.15, 0.2) is 0 Å². The molecule has 0 aromatic heterocycles. The van der Waals surface area contributed by atoms with Gasteiger partial charge in [0.1, 0.15) is 6.61 Å². The van der Waals surface area contributed by atoms with E-state index < -0.39 is 6.10 Å². The summed E-state index contributed by atoms with van der Waals surface area (Å²) in [7, 11) is 0. The van der Waals surface area contributed by atoms with Gasteiger partial charge in [0, 0.05) is 19.4 Å². The SMILES string of the molecule is CCCCCCCCCCCCCCCCCCCCCCOCC(COC(=O)CCCCCCCCCCCCCCCCCCC)OC(=O)CCCCCCCCC. The van der Waals surface area contributed by atoms with E-state index in [0.29, 0.717) is 26.1 Å². The summed E-state index contributed by atoms with van der Waals surface area (Å²) >= 11 is 0. The van der Waals surface area contributed by atoms with Gasteiger partial charge in [-0.1, -0.05) is 284 Å². The van der Waals surface area contributed by atoms with Gasteiger partial charge in [0.2, 0.25) is 0 Å². The van der Waals surface area contributed by atoms with E-state index in [-0.39, 0.29) is 18.5 Å². The molecule has 0 rings (SSSR count). The highest BCUT2D eigenvalue weighted by Crippen LogP contribution is 2.17. The average Bonchev–Trinajstić information content (AvgIpc) is 3.25. The summed E-state index contributed by atoms with van der Waals surface area (Å²) in [5.74, 6) is -0.377. The number of unbranched alkanes of at least 4 members (excludes halogenated alkanes) is 41. The van der Waals surface area contributed by atoms with E-state index in [2.05, 4.69) is 20.8 Å². The van der Waals surface area contributed by atoms with Crippen molar-refractivity contribution in [1.29, 1.82) is 0 Å². The van der Waals surface area contributed by atoms with Crippen molar-refractivity contribution in [3.05, 3.63) is 0 Å². The lowest BCUT2D eigenvalue weighted by atomic mass is 10.0. The van der Waals surface area contributed by atoms with Crippen LogP contribution in [0.2, 0.25) is 0 Å². The predicted molar refractivity (Wildman–Crippen MR) is 261 cm³/mol. The van der Waals surface area contributed by atoms with Crippen molar-refractivity contribution in [3.63, 3.8) is 0 Å². The van der Waals surface area contributed by atoms with Crippen LogP contribution >= 0.6 is 0 Å². The van der Waals surface area contributed by atoms with Crippen LogP contribution in [0.3, 0.4) is 0 Å². The number of rotatable bonds is 52.